The Hall–Kier alpha value is -3.26. The largest absolute Gasteiger partial charge is 0.272 e. The van der Waals surface area contributed by atoms with Crippen molar-refractivity contribution in [2.45, 2.75) is 58.8 Å². The molecule has 0 saturated heterocycles. The Balaban J connectivity index is 1.89. The lowest BCUT2D eigenvalue weighted by Gasteiger charge is -2.17. The van der Waals surface area contributed by atoms with Crippen LogP contribution in [-0.4, -0.2) is 19.7 Å². The number of nitrogens with one attached hydrogen (secondary N) is 2. The SMILES string of the molecule is CC/C=C(\CCC)c1cn(S(=N)(=N)c2ccc3c(cnn3C(=O)C(C)(C)C)c2)c2ccc(F)cc12. The van der Waals surface area contributed by atoms with Crippen LogP contribution in [0.2, 0.25) is 0 Å². The van der Waals surface area contributed by atoms with Gasteiger partial charge in [0.05, 0.1) is 27.0 Å². The average molecular weight is 494 g/mol. The van der Waals surface area contributed by atoms with E-state index in [1.807, 2.05) is 27.0 Å². The summed E-state index contributed by atoms with van der Waals surface area (Å²) in [5.41, 5.74) is 2.72. The van der Waals surface area contributed by atoms with Crippen LogP contribution in [0.5, 0.6) is 0 Å². The van der Waals surface area contributed by atoms with Crippen LogP contribution in [0.1, 0.15) is 64.2 Å². The van der Waals surface area contributed by atoms with Gasteiger partial charge < -0.3 is 0 Å². The first-order valence-electron chi connectivity index (χ1n) is 11.8. The minimum atomic E-state index is -3.01. The maximum atomic E-state index is 14.3. The summed E-state index contributed by atoms with van der Waals surface area (Å²) in [5.74, 6) is -0.457. The van der Waals surface area contributed by atoms with Crippen LogP contribution < -0.4 is 0 Å². The number of halogens is 1. The van der Waals surface area contributed by atoms with E-state index in [4.69, 9.17) is 0 Å². The lowest BCUT2D eigenvalue weighted by molar-refractivity contribution is 0.0755. The lowest BCUT2D eigenvalue weighted by Crippen LogP contribution is -2.27. The number of hydrogen-bond donors (Lipinski definition) is 2. The van der Waals surface area contributed by atoms with Crippen molar-refractivity contribution < 1.29 is 9.18 Å². The van der Waals surface area contributed by atoms with Crippen molar-refractivity contribution >= 4 is 43.1 Å². The van der Waals surface area contributed by atoms with E-state index in [1.165, 1.54) is 16.8 Å². The van der Waals surface area contributed by atoms with Gasteiger partial charge in [0.1, 0.15) is 5.82 Å². The molecule has 2 heterocycles. The molecule has 4 aromatic rings. The van der Waals surface area contributed by atoms with Crippen LogP contribution in [-0.2, 0) is 9.81 Å². The third kappa shape index (κ3) is 4.43. The van der Waals surface area contributed by atoms with Crippen molar-refractivity contribution in [1.29, 1.82) is 9.56 Å². The summed E-state index contributed by atoms with van der Waals surface area (Å²) in [6.45, 7) is 9.71. The second kappa shape index (κ2) is 9.07. The fourth-order valence-corrected chi connectivity index (χ4v) is 5.81. The molecule has 0 aliphatic rings. The van der Waals surface area contributed by atoms with Crippen molar-refractivity contribution in [3.63, 3.8) is 0 Å². The van der Waals surface area contributed by atoms with Crippen LogP contribution in [0.3, 0.4) is 0 Å². The van der Waals surface area contributed by atoms with E-state index in [1.54, 1.807) is 34.4 Å². The van der Waals surface area contributed by atoms with E-state index in [-0.39, 0.29) is 11.7 Å². The molecule has 6 nitrogen and oxygen atoms in total. The minimum Gasteiger partial charge on any atom is -0.272 e. The maximum absolute atomic E-state index is 14.3. The molecule has 35 heavy (non-hydrogen) atoms. The second-order valence-corrected chi connectivity index (χ2v) is 11.9. The Bertz CT molecular complexity index is 1570. The highest BCUT2D eigenvalue weighted by Gasteiger charge is 2.26. The predicted octanol–water partition coefficient (Wildman–Crippen LogP) is 7.91. The van der Waals surface area contributed by atoms with E-state index < -0.39 is 15.2 Å². The van der Waals surface area contributed by atoms with Gasteiger partial charge in [0.2, 0.25) is 0 Å². The minimum absolute atomic E-state index is 0.121. The molecule has 0 aliphatic carbocycles. The van der Waals surface area contributed by atoms with Crippen molar-refractivity contribution in [3.8, 4) is 0 Å². The molecule has 0 atom stereocenters. The van der Waals surface area contributed by atoms with Gasteiger partial charge in [-0.1, -0.05) is 47.1 Å². The highest BCUT2D eigenvalue weighted by atomic mass is 32.2. The Morgan fingerprint density at radius 3 is 2.49 bits per heavy atom. The van der Waals surface area contributed by atoms with Crippen LogP contribution in [0.25, 0.3) is 27.4 Å². The maximum Gasteiger partial charge on any atom is 0.252 e. The average Bonchev–Trinajstić information content (AvgIpc) is 3.39. The molecular formula is C27H32FN5OS. The number of nitrogens with zero attached hydrogens (tertiary/aromatic N) is 3. The van der Waals surface area contributed by atoms with Crippen molar-refractivity contribution in [2.24, 2.45) is 5.41 Å². The highest BCUT2D eigenvalue weighted by Crippen LogP contribution is 2.34. The number of benzene rings is 2. The first-order valence-corrected chi connectivity index (χ1v) is 13.4. The molecule has 0 unspecified atom stereocenters. The normalized spacial score (nSPS) is 13.1. The third-order valence-electron chi connectivity index (χ3n) is 6.06. The van der Waals surface area contributed by atoms with Gasteiger partial charge in [-0.3, -0.25) is 8.77 Å². The number of carbonyl (C=O) groups is 1. The molecule has 0 aliphatic heterocycles. The van der Waals surface area contributed by atoms with Gasteiger partial charge in [0.25, 0.3) is 5.91 Å². The Morgan fingerprint density at radius 1 is 1.11 bits per heavy atom. The van der Waals surface area contributed by atoms with Crippen LogP contribution >= 0.6 is 0 Å². The molecular weight excluding hydrogens is 461 g/mol. The zero-order chi connectivity index (χ0) is 25.5. The molecule has 0 amide bonds. The molecule has 2 N–H and O–H groups in total. The Labute approximate surface area is 206 Å². The van der Waals surface area contributed by atoms with Crippen LogP contribution in [0, 0.1) is 20.8 Å². The monoisotopic (exact) mass is 493 g/mol. The number of carbonyl (C=O) groups excluding carboxylic acids is 1. The van der Waals surface area contributed by atoms with Gasteiger partial charge in [-0.05, 0) is 54.8 Å². The summed E-state index contributed by atoms with van der Waals surface area (Å²) >= 11 is 0. The molecule has 184 valence electrons. The topological polar surface area (TPSA) is 87.5 Å². The molecule has 8 heteroatoms. The summed E-state index contributed by atoms with van der Waals surface area (Å²) in [4.78, 5) is 13.3. The Kier molecular flexibility index (Phi) is 6.44. The van der Waals surface area contributed by atoms with Gasteiger partial charge in [-0.2, -0.15) is 9.78 Å². The summed E-state index contributed by atoms with van der Waals surface area (Å²) in [6, 6.07) is 9.81. The van der Waals surface area contributed by atoms with Gasteiger partial charge in [0.15, 0.2) is 0 Å². The highest BCUT2D eigenvalue weighted by molar-refractivity contribution is 7.92. The second-order valence-electron chi connectivity index (χ2n) is 9.83. The summed E-state index contributed by atoms with van der Waals surface area (Å²) in [7, 11) is -3.01. The molecule has 4 rings (SSSR count). The first-order chi connectivity index (χ1) is 16.5. The fraction of sp³-hybridized carbons (Fsp3) is 0.333. The summed E-state index contributed by atoms with van der Waals surface area (Å²) < 4.78 is 35.7. The molecule has 2 aromatic heterocycles. The van der Waals surface area contributed by atoms with Gasteiger partial charge in [-0.25, -0.2) is 13.9 Å². The standard InChI is InChI=1S/C27H32FN5OS/c1-6-8-18(9-7-2)23-17-32(25-12-10-20(28)15-22(23)25)35(29,30)21-11-13-24-19(14-21)16-31-33(24)26(34)27(3,4)5/h8,10-17,29-30H,6-7,9H2,1-5H3/b18-8+. The predicted molar refractivity (Wildman–Crippen MR) is 141 cm³/mol. The molecule has 0 radical (unpaired) electrons. The number of fused-ring (bicyclic) bond motifs is 2. The van der Waals surface area contributed by atoms with Crippen LogP contribution in [0.4, 0.5) is 4.39 Å². The first kappa shape index (κ1) is 24.9. The molecule has 0 fully saturated rings. The van der Waals surface area contributed by atoms with Gasteiger partial charge in [0, 0.05) is 32.8 Å². The summed E-state index contributed by atoms with van der Waals surface area (Å²) in [5, 5.41) is 5.71. The number of rotatable bonds is 6. The quantitative estimate of drug-likeness (QED) is 0.286. The summed E-state index contributed by atoms with van der Waals surface area (Å²) in [6.07, 6.45) is 8.23. The third-order valence-corrected chi connectivity index (χ3v) is 7.89. The van der Waals surface area contributed by atoms with Crippen molar-refractivity contribution in [3.05, 3.63) is 66.2 Å². The number of allylic oxidation sites excluding steroid dienone is 2. The molecule has 2 aromatic carbocycles. The fourth-order valence-electron chi connectivity index (χ4n) is 4.31. The number of aromatic nitrogens is 3. The molecule has 0 bridgehead atoms. The molecule has 0 saturated carbocycles. The smallest absolute Gasteiger partial charge is 0.252 e. The zero-order valence-electron chi connectivity index (χ0n) is 20.9. The van der Waals surface area contributed by atoms with E-state index >= 15 is 0 Å². The van der Waals surface area contributed by atoms with Crippen molar-refractivity contribution in [2.75, 3.05) is 0 Å². The van der Waals surface area contributed by atoms with Crippen LogP contribution in [0.15, 0.2) is 59.8 Å². The van der Waals surface area contributed by atoms with Gasteiger partial charge in [-0.15, -0.1) is 0 Å². The van der Waals surface area contributed by atoms with E-state index in [9.17, 15) is 18.7 Å². The lowest BCUT2D eigenvalue weighted by atomic mass is 9.96. The molecule has 0 spiro atoms. The number of hydrogen-bond acceptors (Lipinski definition) is 4. The van der Waals surface area contributed by atoms with E-state index in [0.717, 1.165) is 35.8 Å². The van der Waals surface area contributed by atoms with E-state index in [2.05, 4.69) is 25.0 Å². The van der Waals surface area contributed by atoms with E-state index in [0.29, 0.717) is 21.3 Å². The zero-order valence-corrected chi connectivity index (χ0v) is 21.7. The van der Waals surface area contributed by atoms with Crippen molar-refractivity contribution in [1.82, 2.24) is 13.8 Å². The Morgan fingerprint density at radius 2 is 1.83 bits per heavy atom. The van der Waals surface area contributed by atoms with Gasteiger partial charge >= 0.3 is 0 Å².